The first-order chi connectivity index (χ1) is 10.5. The normalized spacial score (nSPS) is 24.8. The van der Waals surface area contributed by atoms with Gasteiger partial charge in [-0.1, -0.05) is 30.6 Å². The Kier molecular flexibility index (Phi) is 8.79. The summed E-state index contributed by atoms with van der Waals surface area (Å²) < 4.78 is 0. The summed E-state index contributed by atoms with van der Waals surface area (Å²) in [4.78, 5) is 29.6. The van der Waals surface area contributed by atoms with Gasteiger partial charge in [-0.05, 0) is 31.1 Å². The van der Waals surface area contributed by atoms with Crippen LogP contribution in [0.4, 0.5) is 0 Å². The van der Waals surface area contributed by atoms with Gasteiger partial charge in [-0.3, -0.25) is 9.59 Å². The summed E-state index contributed by atoms with van der Waals surface area (Å²) in [6.07, 6.45) is 3.42. The van der Waals surface area contributed by atoms with E-state index >= 15 is 0 Å². The molecule has 1 saturated carbocycles. The molecule has 0 aromatic heterocycles. The second-order valence-electron chi connectivity index (χ2n) is 5.53. The molecule has 1 unspecified atom stereocenters. The fourth-order valence-electron chi connectivity index (χ4n) is 2.78. The van der Waals surface area contributed by atoms with Crippen LogP contribution in [0.3, 0.4) is 0 Å². The van der Waals surface area contributed by atoms with Crippen molar-refractivity contribution >= 4 is 40.6 Å². The van der Waals surface area contributed by atoms with E-state index in [1.54, 1.807) is 13.0 Å². The standard InChI is InChI=1S/C16H24ClNO3S/c1-4-22-11(2)8-13-9-14(19)16(15(20)10-13)12(3)18-21-7-5-6-17/h5-6,11,13,16H,4,7-10H2,1-3H3/b6-5+,18-12?. The molecule has 4 nitrogen and oxygen atoms in total. The van der Waals surface area contributed by atoms with Gasteiger partial charge >= 0.3 is 0 Å². The fourth-order valence-corrected chi connectivity index (χ4v) is 3.83. The van der Waals surface area contributed by atoms with Crippen LogP contribution in [-0.2, 0) is 14.4 Å². The zero-order chi connectivity index (χ0) is 16.5. The molecule has 6 heteroatoms. The summed E-state index contributed by atoms with van der Waals surface area (Å²) in [5.74, 6) is 0.419. The molecule has 0 N–H and O–H groups in total. The monoisotopic (exact) mass is 345 g/mol. The van der Waals surface area contributed by atoms with E-state index in [1.165, 1.54) is 5.54 Å². The molecule has 1 aliphatic carbocycles. The minimum Gasteiger partial charge on any atom is -0.392 e. The Morgan fingerprint density at radius 2 is 2.09 bits per heavy atom. The highest BCUT2D eigenvalue weighted by atomic mass is 35.5. The van der Waals surface area contributed by atoms with Crippen molar-refractivity contribution < 1.29 is 14.4 Å². The fraction of sp³-hybridized carbons (Fsp3) is 0.688. The molecule has 0 bridgehead atoms. The predicted octanol–water partition coefficient (Wildman–Crippen LogP) is 3.83. The van der Waals surface area contributed by atoms with Gasteiger partial charge in [-0.25, -0.2) is 0 Å². The first kappa shape index (κ1) is 19.2. The molecule has 0 radical (unpaired) electrons. The van der Waals surface area contributed by atoms with Crippen LogP contribution in [0, 0.1) is 11.8 Å². The van der Waals surface area contributed by atoms with Crippen molar-refractivity contribution in [1.29, 1.82) is 0 Å². The molecule has 1 rings (SSSR count). The molecule has 124 valence electrons. The molecule has 0 spiro atoms. The van der Waals surface area contributed by atoms with Gasteiger partial charge in [0.25, 0.3) is 0 Å². The number of hydrogen-bond acceptors (Lipinski definition) is 5. The number of Topliss-reactive ketones (excluding diaryl/α,β-unsaturated/α-hetero) is 2. The lowest BCUT2D eigenvalue weighted by Gasteiger charge is -2.27. The van der Waals surface area contributed by atoms with Crippen molar-refractivity contribution in [3.8, 4) is 0 Å². The summed E-state index contributed by atoms with van der Waals surface area (Å²) in [6, 6.07) is 0. The van der Waals surface area contributed by atoms with E-state index in [-0.39, 0.29) is 24.1 Å². The molecule has 1 atom stereocenters. The lowest BCUT2D eigenvalue weighted by molar-refractivity contribution is -0.134. The van der Waals surface area contributed by atoms with E-state index < -0.39 is 5.92 Å². The van der Waals surface area contributed by atoms with Gasteiger partial charge in [0.15, 0.2) is 0 Å². The summed E-state index contributed by atoms with van der Waals surface area (Å²) >= 11 is 7.24. The van der Waals surface area contributed by atoms with E-state index in [9.17, 15) is 9.59 Å². The third kappa shape index (κ3) is 6.13. The van der Waals surface area contributed by atoms with Crippen LogP contribution in [-0.4, -0.2) is 34.9 Å². The average Bonchev–Trinajstić information content (AvgIpc) is 2.43. The Morgan fingerprint density at radius 3 is 2.64 bits per heavy atom. The number of rotatable bonds is 8. The maximum atomic E-state index is 12.3. The topological polar surface area (TPSA) is 55.7 Å². The third-order valence-corrected chi connectivity index (χ3v) is 4.90. The van der Waals surface area contributed by atoms with Crippen molar-refractivity contribution in [3.63, 3.8) is 0 Å². The number of thioether (sulfide) groups is 1. The van der Waals surface area contributed by atoms with Crippen LogP contribution >= 0.6 is 23.4 Å². The molecular formula is C16H24ClNO3S. The van der Waals surface area contributed by atoms with Gasteiger partial charge in [0.2, 0.25) is 0 Å². The summed E-state index contributed by atoms with van der Waals surface area (Å²) in [6.45, 7) is 6.17. The maximum Gasteiger partial charge on any atom is 0.149 e. The van der Waals surface area contributed by atoms with Gasteiger partial charge < -0.3 is 4.84 Å². The lowest BCUT2D eigenvalue weighted by atomic mass is 9.76. The van der Waals surface area contributed by atoms with Gasteiger partial charge in [0, 0.05) is 23.6 Å². The van der Waals surface area contributed by atoms with E-state index in [2.05, 4.69) is 19.0 Å². The molecule has 22 heavy (non-hydrogen) atoms. The molecular weight excluding hydrogens is 322 g/mol. The Labute approximate surface area is 141 Å². The third-order valence-electron chi connectivity index (χ3n) is 3.63. The van der Waals surface area contributed by atoms with Crippen LogP contribution in [0.5, 0.6) is 0 Å². The Bertz CT molecular complexity index is 433. The average molecular weight is 346 g/mol. The van der Waals surface area contributed by atoms with Gasteiger partial charge in [-0.15, -0.1) is 0 Å². The zero-order valence-corrected chi connectivity index (χ0v) is 15.0. The quantitative estimate of drug-likeness (QED) is 0.290. The van der Waals surface area contributed by atoms with E-state index in [0.717, 1.165) is 12.2 Å². The molecule has 0 heterocycles. The zero-order valence-electron chi connectivity index (χ0n) is 13.4. The molecule has 0 amide bonds. The Balaban J connectivity index is 2.59. The van der Waals surface area contributed by atoms with Crippen LogP contribution in [0.1, 0.15) is 40.0 Å². The molecule has 0 aromatic rings. The van der Waals surface area contributed by atoms with Crippen molar-refractivity contribution in [3.05, 3.63) is 11.6 Å². The van der Waals surface area contributed by atoms with Crippen molar-refractivity contribution in [1.82, 2.24) is 0 Å². The summed E-state index contributed by atoms with van der Waals surface area (Å²) in [7, 11) is 0. The molecule has 0 aliphatic heterocycles. The van der Waals surface area contributed by atoms with E-state index in [1.807, 2.05) is 11.8 Å². The van der Waals surface area contributed by atoms with Crippen molar-refractivity contribution in [2.45, 2.75) is 45.3 Å². The van der Waals surface area contributed by atoms with Crippen LogP contribution in [0.25, 0.3) is 0 Å². The second kappa shape index (κ2) is 10.1. The predicted molar refractivity (Wildman–Crippen MR) is 92.5 cm³/mol. The van der Waals surface area contributed by atoms with Crippen LogP contribution in [0.2, 0.25) is 0 Å². The summed E-state index contributed by atoms with van der Waals surface area (Å²) in [5.41, 5.74) is 1.77. The highest BCUT2D eigenvalue weighted by Crippen LogP contribution is 2.30. The Hall–Kier alpha value is -0.810. The second-order valence-corrected chi connectivity index (χ2v) is 7.50. The number of ketones is 2. The number of halogens is 1. The molecule has 1 aliphatic rings. The highest BCUT2D eigenvalue weighted by molar-refractivity contribution is 7.99. The maximum absolute atomic E-state index is 12.3. The first-order valence-corrected chi connectivity index (χ1v) is 9.06. The largest absolute Gasteiger partial charge is 0.392 e. The van der Waals surface area contributed by atoms with Gasteiger partial charge in [0.1, 0.15) is 24.1 Å². The number of oxime groups is 1. The first-order valence-electron chi connectivity index (χ1n) is 7.58. The Morgan fingerprint density at radius 1 is 1.45 bits per heavy atom. The number of carbonyl (C=O) groups is 2. The van der Waals surface area contributed by atoms with E-state index in [4.69, 9.17) is 16.4 Å². The number of carbonyl (C=O) groups excluding carboxylic acids is 2. The van der Waals surface area contributed by atoms with E-state index in [0.29, 0.717) is 23.8 Å². The lowest BCUT2D eigenvalue weighted by Crippen LogP contribution is -2.38. The number of hydrogen-bond donors (Lipinski definition) is 0. The van der Waals surface area contributed by atoms with Crippen molar-refractivity contribution in [2.75, 3.05) is 12.4 Å². The SMILES string of the molecule is CCSC(C)CC1CC(=O)C(C(C)=NOC/C=C/Cl)C(=O)C1. The van der Waals surface area contributed by atoms with Crippen molar-refractivity contribution in [2.24, 2.45) is 17.0 Å². The summed E-state index contributed by atoms with van der Waals surface area (Å²) in [5, 5.41) is 4.34. The molecule has 0 saturated heterocycles. The number of nitrogens with zero attached hydrogens (tertiary/aromatic N) is 1. The minimum absolute atomic E-state index is 0.0346. The smallest absolute Gasteiger partial charge is 0.149 e. The van der Waals surface area contributed by atoms with Gasteiger partial charge in [0.05, 0.1) is 5.71 Å². The minimum atomic E-state index is -0.731. The van der Waals surface area contributed by atoms with Crippen LogP contribution < -0.4 is 0 Å². The molecule has 0 aromatic carbocycles. The van der Waals surface area contributed by atoms with Gasteiger partial charge in [-0.2, -0.15) is 11.8 Å². The molecule has 1 fully saturated rings. The highest BCUT2D eigenvalue weighted by Gasteiger charge is 2.37. The van der Waals surface area contributed by atoms with Crippen LogP contribution in [0.15, 0.2) is 16.8 Å².